The molecule has 14 heteroatoms. The maximum atomic E-state index is 15.0. The number of carbonyl (C=O) groups excluding carboxylic acids is 2. The molecule has 0 saturated carbocycles. The van der Waals surface area contributed by atoms with Crippen LogP contribution in [0.1, 0.15) is 29.9 Å². The van der Waals surface area contributed by atoms with Gasteiger partial charge in [0.2, 0.25) is 5.88 Å². The third-order valence-corrected chi connectivity index (χ3v) is 7.28. The number of fused-ring (bicyclic) bond motifs is 2. The number of rotatable bonds is 10. The molecule has 5 aromatic rings. The molecule has 0 spiro atoms. The smallest absolute Gasteiger partial charge is 0.411 e. The van der Waals surface area contributed by atoms with Gasteiger partial charge in [0.1, 0.15) is 23.4 Å². The average Bonchev–Trinajstić information content (AvgIpc) is 3.41. The number of aliphatic hydroxyl groups is 1. The van der Waals surface area contributed by atoms with Crippen LogP contribution >= 0.6 is 11.3 Å². The fourth-order valence-corrected chi connectivity index (χ4v) is 5.17. The van der Waals surface area contributed by atoms with Gasteiger partial charge in [0.25, 0.3) is 5.91 Å². The number of carbonyl (C=O) groups is 2. The molecule has 2 aromatic carbocycles. The number of anilines is 1. The molecule has 44 heavy (non-hydrogen) atoms. The summed E-state index contributed by atoms with van der Waals surface area (Å²) in [6, 6.07) is 9.65. The van der Waals surface area contributed by atoms with Crippen molar-refractivity contribution in [2.24, 2.45) is 0 Å². The van der Waals surface area contributed by atoms with Gasteiger partial charge < -0.3 is 24.6 Å². The van der Waals surface area contributed by atoms with Gasteiger partial charge in [-0.05, 0) is 50.6 Å². The Morgan fingerprint density at radius 1 is 1.07 bits per heavy atom. The lowest BCUT2D eigenvalue weighted by Gasteiger charge is -2.15. The summed E-state index contributed by atoms with van der Waals surface area (Å²) in [6.07, 6.45) is 0.702. The number of ether oxygens (including phenoxy) is 3. The Morgan fingerprint density at radius 2 is 1.89 bits per heavy atom. The molecule has 3 aromatic heterocycles. The van der Waals surface area contributed by atoms with Gasteiger partial charge in [-0.1, -0.05) is 0 Å². The maximum Gasteiger partial charge on any atom is 0.411 e. The van der Waals surface area contributed by atoms with Gasteiger partial charge in [0.15, 0.2) is 11.6 Å². The molecule has 3 N–H and O–H groups in total. The van der Waals surface area contributed by atoms with Gasteiger partial charge in [-0.3, -0.25) is 10.1 Å². The summed E-state index contributed by atoms with van der Waals surface area (Å²) in [5, 5.41) is 15.0. The molecule has 5 rings (SSSR count). The fraction of sp³-hybridized carbons (Fsp3) is 0.267. The summed E-state index contributed by atoms with van der Waals surface area (Å²) >= 11 is 1.37. The predicted octanol–water partition coefficient (Wildman–Crippen LogP) is 4.88. The molecular formula is C30H29FN6O6S. The maximum absolute atomic E-state index is 15.0. The molecule has 0 radical (unpaired) electrons. The van der Waals surface area contributed by atoms with Crippen LogP contribution in [0.2, 0.25) is 0 Å². The highest BCUT2D eigenvalue weighted by molar-refractivity contribution is 7.21. The summed E-state index contributed by atoms with van der Waals surface area (Å²) in [4.78, 5) is 41.9. The van der Waals surface area contributed by atoms with Crippen molar-refractivity contribution in [1.82, 2.24) is 25.3 Å². The number of nitrogens with one attached hydrogen (secondary N) is 2. The number of amides is 2. The second-order valence-electron chi connectivity index (χ2n) is 10.0. The molecule has 2 atom stereocenters. The molecular weight excluding hydrogens is 591 g/mol. The second kappa shape index (κ2) is 13.1. The zero-order valence-corrected chi connectivity index (χ0v) is 25.1. The van der Waals surface area contributed by atoms with Crippen molar-refractivity contribution in [1.29, 1.82) is 0 Å². The molecule has 12 nitrogen and oxygen atoms in total. The van der Waals surface area contributed by atoms with Crippen LogP contribution < -0.4 is 20.1 Å². The van der Waals surface area contributed by atoms with E-state index in [4.69, 9.17) is 14.2 Å². The zero-order valence-electron chi connectivity index (χ0n) is 24.3. The number of thiazole rings is 1. The van der Waals surface area contributed by atoms with E-state index >= 15 is 0 Å². The fourth-order valence-electron chi connectivity index (χ4n) is 4.18. The Labute approximate surface area is 255 Å². The van der Waals surface area contributed by atoms with Gasteiger partial charge in [0.05, 0.1) is 52.5 Å². The molecule has 0 saturated heterocycles. The van der Waals surface area contributed by atoms with Crippen molar-refractivity contribution in [2.75, 3.05) is 25.6 Å². The lowest BCUT2D eigenvalue weighted by atomic mass is 10.1. The number of nitrogens with zero attached hydrogens (tertiary/aromatic N) is 4. The molecule has 3 heterocycles. The topological polar surface area (TPSA) is 158 Å². The molecule has 0 aliphatic heterocycles. The average molecular weight is 621 g/mol. The summed E-state index contributed by atoms with van der Waals surface area (Å²) in [6.45, 7) is 5.06. The van der Waals surface area contributed by atoms with E-state index in [-0.39, 0.29) is 24.6 Å². The number of aromatic nitrogens is 4. The van der Waals surface area contributed by atoms with Gasteiger partial charge >= 0.3 is 6.09 Å². The van der Waals surface area contributed by atoms with E-state index in [0.29, 0.717) is 37.8 Å². The van der Waals surface area contributed by atoms with Gasteiger partial charge in [0, 0.05) is 24.2 Å². The molecule has 0 aliphatic rings. The number of hydrogen-bond donors (Lipinski definition) is 3. The van der Waals surface area contributed by atoms with E-state index in [1.807, 2.05) is 19.1 Å². The van der Waals surface area contributed by atoms with Crippen LogP contribution in [0.25, 0.3) is 31.8 Å². The van der Waals surface area contributed by atoms with Gasteiger partial charge in [-0.25, -0.2) is 29.1 Å². The summed E-state index contributed by atoms with van der Waals surface area (Å²) in [7, 11) is 1.53. The van der Waals surface area contributed by atoms with Crippen molar-refractivity contribution in [2.45, 2.75) is 33.0 Å². The second-order valence-corrected chi connectivity index (χ2v) is 11.0. The Kier molecular flexibility index (Phi) is 9.11. The van der Waals surface area contributed by atoms with Crippen LogP contribution in [0, 0.1) is 12.7 Å². The molecule has 0 aliphatic carbocycles. The summed E-state index contributed by atoms with van der Waals surface area (Å²) in [5.74, 6) is -0.658. The molecule has 2 unspecified atom stereocenters. The van der Waals surface area contributed by atoms with E-state index in [2.05, 4.69) is 30.6 Å². The Morgan fingerprint density at radius 3 is 2.61 bits per heavy atom. The first-order valence-electron chi connectivity index (χ1n) is 13.5. The number of benzene rings is 2. The summed E-state index contributed by atoms with van der Waals surface area (Å²) in [5.41, 5.74) is 3.95. The lowest BCUT2D eigenvalue weighted by molar-refractivity contribution is 0.0919. The minimum Gasteiger partial charge on any atom is -0.484 e. The van der Waals surface area contributed by atoms with Gasteiger partial charge in [-0.15, -0.1) is 11.3 Å². The number of aliphatic hydroxyl groups excluding tert-OH is 1. The van der Waals surface area contributed by atoms with E-state index in [9.17, 15) is 19.1 Å². The minimum absolute atomic E-state index is 0.00325. The molecule has 0 bridgehead atoms. The summed E-state index contributed by atoms with van der Waals surface area (Å²) < 4.78 is 31.9. The van der Waals surface area contributed by atoms with Crippen molar-refractivity contribution in [3.8, 4) is 22.2 Å². The van der Waals surface area contributed by atoms with Crippen LogP contribution in [-0.4, -0.2) is 69.5 Å². The highest BCUT2D eigenvalue weighted by Gasteiger charge is 2.18. The van der Waals surface area contributed by atoms with E-state index in [1.54, 1.807) is 26.1 Å². The first-order valence-corrected chi connectivity index (χ1v) is 14.4. The third-order valence-electron chi connectivity index (χ3n) is 6.23. The van der Waals surface area contributed by atoms with Crippen LogP contribution in [0.4, 0.5) is 14.9 Å². The first kappa shape index (κ1) is 30.5. The van der Waals surface area contributed by atoms with Crippen molar-refractivity contribution in [3.05, 3.63) is 65.9 Å². The Balaban J connectivity index is 1.21. The zero-order chi connectivity index (χ0) is 31.4. The number of halogens is 1. The minimum atomic E-state index is -0.775. The Hall–Kier alpha value is -4.95. The molecule has 2 amide bonds. The van der Waals surface area contributed by atoms with E-state index < -0.39 is 30.0 Å². The lowest BCUT2D eigenvalue weighted by Crippen LogP contribution is -2.31. The van der Waals surface area contributed by atoms with Crippen LogP contribution in [0.3, 0.4) is 0 Å². The quantitative estimate of drug-likeness (QED) is 0.196. The molecule has 0 fully saturated rings. The molecule has 228 valence electrons. The number of methoxy groups -OCH3 is 1. The van der Waals surface area contributed by atoms with E-state index in [1.165, 1.54) is 42.8 Å². The monoisotopic (exact) mass is 620 g/mol. The normalized spacial score (nSPS) is 12.5. The van der Waals surface area contributed by atoms with Crippen molar-refractivity contribution >= 4 is 50.3 Å². The highest BCUT2D eigenvalue weighted by Crippen LogP contribution is 2.37. The van der Waals surface area contributed by atoms with Crippen LogP contribution in [0.15, 0.2) is 48.8 Å². The Bertz CT molecular complexity index is 1830. The standard InChI is InChI=1S/C30H29FN6O6S/c1-15-7-19(27-23(8-15)36-26(41-4)13-33-27)29-37-22-9-20(31)24(10-25(22)44-29)43-17(3)14-42-30(40)35-18-5-6-21(32-12-18)28(39)34-11-16(2)38/h5-10,12-13,16-17,38H,11,14H2,1-4H3,(H,34,39)(H,35,40). The van der Waals surface area contributed by atoms with Gasteiger partial charge in [-0.2, -0.15) is 0 Å². The number of pyridine rings is 1. The highest BCUT2D eigenvalue weighted by atomic mass is 32.1. The van der Waals surface area contributed by atoms with E-state index in [0.717, 1.165) is 11.1 Å². The predicted molar refractivity (Wildman–Crippen MR) is 163 cm³/mol. The first-order chi connectivity index (χ1) is 21.1. The number of hydrogen-bond acceptors (Lipinski definition) is 11. The third kappa shape index (κ3) is 7.15. The number of aryl methyl sites for hydroxylation is 1. The van der Waals surface area contributed by atoms with Crippen LogP contribution in [-0.2, 0) is 4.74 Å². The van der Waals surface area contributed by atoms with Crippen LogP contribution in [0.5, 0.6) is 11.6 Å². The largest absolute Gasteiger partial charge is 0.484 e. The van der Waals surface area contributed by atoms with Crippen molar-refractivity contribution < 1.29 is 33.3 Å². The van der Waals surface area contributed by atoms with Crippen molar-refractivity contribution in [3.63, 3.8) is 0 Å². The SMILES string of the molecule is COc1cnc2c(-c3nc4cc(F)c(OC(C)COC(=O)Nc5ccc(C(=O)NCC(C)O)nc5)cc4s3)cc(C)cc2n1.